The van der Waals surface area contributed by atoms with Gasteiger partial charge in [-0.3, -0.25) is 9.97 Å². The summed E-state index contributed by atoms with van der Waals surface area (Å²) in [6, 6.07) is 1.99. The van der Waals surface area contributed by atoms with Crippen LogP contribution in [0.4, 0.5) is 5.95 Å². The van der Waals surface area contributed by atoms with Gasteiger partial charge in [0, 0.05) is 26.5 Å². The van der Waals surface area contributed by atoms with Gasteiger partial charge in [0.2, 0.25) is 5.95 Å². The van der Waals surface area contributed by atoms with Gasteiger partial charge in [-0.15, -0.1) is 11.3 Å². The van der Waals surface area contributed by atoms with Crippen molar-refractivity contribution >= 4 is 27.5 Å². The Morgan fingerprint density at radius 1 is 1.17 bits per heavy atom. The molecule has 0 aromatic carbocycles. The van der Waals surface area contributed by atoms with Gasteiger partial charge in [0.25, 0.3) is 0 Å². The van der Waals surface area contributed by atoms with E-state index in [0.29, 0.717) is 5.95 Å². The first-order valence-electron chi connectivity index (χ1n) is 5.44. The van der Waals surface area contributed by atoms with E-state index in [-0.39, 0.29) is 0 Å². The molecule has 0 atom stereocenters. The largest absolute Gasteiger partial charge is 0.347 e. The van der Waals surface area contributed by atoms with Crippen LogP contribution < -0.4 is 4.90 Å². The Labute approximate surface area is 108 Å². The van der Waals surface area contributed by atoms with Gasteiger partial charge in [-0.05, 0) is 11.4 Å². The minimum absolute atomic E-state index is 0.682. The number of hydrogen-bond donors (Lipinski definition) is 0. The van der Waals surface area contributed by atoms with Crippen LogP contribution in [0.5, 0.6) is 0 Å². The van der Waals surface area contributed by atoms with E-state index in [0.717, 1.165) is 21.6 Å². The lowest BCUT2D eigenvalue weighted by Crippen LogP contribution is -2.13. The number of thiophene rings is 1. The Hall–Kier alpha value is -2.08. The van der Waals surface area contributed by atoms with Crippen molar-refractivity contribution in [1.29, 1.82) is 0 Å². The third-order valence-electron chi connectivity index (χ3n) is 2.50. The normalized spacial score (nSPS) is 10.8. The number of nitrogens with zero attached hydrogens (tertiary/aromatic N) is 5. The second-order valence-electron chi connectivity index (χ2n) is 3.99. The van der Waals surface area contributed by atoms with Crippen molar-refractivity contribution in [1.82, 2.24) is 19.9 Å². The van der Waals surface area contributed by atoms with Crippen molar-refractivity contribution in [3.05, 3.63) is 30.0 Å². The zero-order chi connectivity index (χ0) is 12.5. The molecule has 5 nitrogen and oxygen atoms in total. The Morgan fingerprint density at radius 3 is 2.78 bits per heavy atom. The maximum atomic E-state index is 4.57. The van der Waals surface area contributed by atoms with Crippen molar-refractivity contribution in [3.63, 3.8) is 0 Å². The van der Waals surface area contributed by atoms with Gasteiger partial charge in [0.1, 0.15) is 11.4 Å². The summed E-state index contributed by atoms with van der Waals surface area (Å²) in [4.78, 5) is 19.4. The Balaban J connectivity index is 2.29. The fourth-order valence-electron chi connectivity index (χ4n) is 1.65. The fraction of sp³-hybridized carbons (Fsp3) is 0.167. The van der Waals surface area contributed by atoms with Crippen LogP contribution in [0.25, 0.3) is 21.6 Å². The third kappa shape index (κ3) is 1.80. The molecule has 0 aliphatic heterocycles. The lowest BCUT2D eigenvalue weighted by molar-refractivity contribution is 1.02. The van der Waals surface area contributed by atoms with Gasteiger partial charge < -0.3 is 4.90 Å². The first-order chi connectivity index (χ1) is 8.75. The maximum absolute atomic E-state index is 4.57. The van der Waals surface area contributed by atoms with E-state index in [2.05, 4.69) is 19.9 Å². The first-order valence-corrected chi connectivity index (χ1v) is 6.32. The van der Waals surface area contributed by atoms with Crippen LogP contribution >= 0.6 is 11.3 Å². The molecule has 3 heterocycles. The molecule has 0 radical (unpaired) electrons. The van der Waals surface area contributed by atoms with Crippen LogP contribution in [0.15, 0.2) is 30.0 Å². The molecule has 6 heteroatoms. The average molecular weight is 257 g/mol. The highest BCUT2D eigenvalue weighted by molar-refractivity contribution is 7.17. The molecule has 90 valence electrons. The van der Waals surface area contributed by atoms with E-state index in [1.165, 1.54) is 0 Å². The van der Waals surface area contributed by atoms with E-state index < -0.39 is 0 Å². The molecule has 0 saturated heterocycles. The molecule has 0 amide bonds. The van der Waals surface area contributed by atoms with Crippen LogP contribution in [0.3, 0.4) is 0 Å². The Morgan fingerprint density at radius 2 is 2.06 bits per heavy atom. The smallest absolute Gasteiger partial charge is 0.226 e. The number of fused-ring (bicyclic) bond motifs is 1. The summed E-state index contributed by atoms with van der Waals surface area (Å²) in [5.74, 6) is 0.682. The number of hydrogen-bond acceptors (Lipinski definition) is 6. The van der Waals surface area contributed by atoms with Crippen molar-refractivity contribution in [3.8, 4) is 11.4 Å². The second kappa shape index (κ2) is 4.30. The summed E-state index contributed by atoms with van der Waals surface area (Å²) >= 11 is 1.62. The summed E-state index contributed by atoms with van der Waals surface area (Å²) in [7, 11) is 3.85. The van der Waals surface area contributed by atoms with Gasteiger partial charge in [0.05, 0.1) is 16.4 Å². The molecule has 0 bridgehead atoms. The van der Waals surface area contributed by atoms with Gasteiger partial charge in [-0.2, -0.15) is 0 Å². The molecule has 0 spiro atoms. The lowest BCUT2D eigenvalue weighted by atomic mass is 10.3. The second-order valence-corrected chi connectivity index (χ2v) is 4.91. The zero-order valence-corrected chi connectivity index (χ0v) is 10.8. The SMILES string of the molecule is CN(C)c1nc(-c2cnccn2)c2sccc2n1. The molecule has 3 aromatic heterocycles. The maximum Gasteiger partial charge on any atom is 0.226 e. The van der Waals surface area contributed by atoms with Crippen LogP contribution in [-0.2, 0) is 0 Å². The molecule has 0 aliphatic rings. The zero-order valence-electron chi connectivity index (χ0n) is 10.0. The highest BCUT2D eigenvalue weighted by Gasteiger charge is 2.12. The van der Waals surface area contributed by atoms with Crippen LogP contribution in [0.2, 0.25) is 0 Å². The number of anilines is 1. The quantitative estimate of drug-likeness (QED) is 0.704. The standard InChI is InChI=1S/C12H11N5S/c1-17(2)12-15-8-3-6-18-11(8)10(16-12)9-7-13-4-5-14-9/h3-7H,1-2H3. The minimum atomic E-state index is 0.682. The third-order valence-corrected chi connectivity index (χ3v) is 3.41. The monoisotopic (exact) mass is 257 g/mol. The summed E-state index contributed by atoms with van der Waals surface area (Å²) in [5.41, 5.74) is 2.56. The molecule has 0 aliphatic carbocycles. The van der Waals surface area contributed by atoms with Crippen LogP contribution in [0, 0.1) is 0 Å². The molecule has 0 N–H and O–H groups in total. The van der Waals surface area contributed by atoms with E-state index >= 15 is 0 Å². The molecular formula is C12H11N5S. The Kier molecular flexibility index (Phi) is 2.64. The highest BCUT2D eigenvalue weighted by Crippen LogP contribution is 2.30. The van der Waals surface area contributed by atoms with Crippen LogP contribution in [-0.4, -0.2) is 34.0 Å². The minimum Gasteiger partial charge on any atom is -0.347 e. The highest BCUT2D eigenvalue weighted by atomic mass is 32.1. The van der Waals surface area contributed by atoms with E-state index in [1.807, 2.05) is 30.4 Å². The van der Waals surface area contributed by atoms with Crippen molar-refractivity contribution < 1.29 is 0 Å². The predicted octanol–water partition coefficient (Wildman–Crippen LogP) is 2.21. The van der Waals surface area contributed by atoms with Crippen molar-refractivity contribution in [2.24, 2.45) is 0 Å². The lowest BCUT2D eigenvalue weighted by Gasteiger charge is -2.11. The first kappa shape index (κ1) is 11.0. The molecular weight excluding hydrogens is 246 g/mol. The van der Waals surface area contributed by atoms with Crippen LogP contribution in [0.1, 0.15) is 0 Å². The van der Waals surface area contributed by atoms with E-state index in [4.69, 9.17) is 0 Å². The summed E-state index contributed by atoms with van der Waals surface area (Å²) in [6.45, 7) is 0. The molecule has 3 rings (SSSR count). The summed E-state index contributed by atoms with van der Waals surface area (Å²) in [6.07, 6.45) is 5.05. The number of rotatable bonds is 2. The van der Waals surface area contributed by atoms with Gasteiger partial charge >= 0.3 is 0 Å². The summed E-state index contributed by atoms with van der Waals surface area (Å²) < 4.78 is 1.04. The van der Waals surface area contributed by atoms with E-state index in [1.54, 1.807) is 29.9 Å². The molecule has 18 heavy (non-hydrogen) atoms. The topological polar surface area (TPSA) is 54.8 Å². The van der Waals surface area contributed by atoms with Gasteiger partial charge in [-0.1, -0.05) is 0 Å². The molecule has 0 saturated carbocycles. The van der Waals surface area contributed by atoms with Gasteiger partial charge in [-0.25, -0.2) is 9.97 Å². The average Bonchev–Trinajstić information content (AvgIpc) is 2.86. The molecule has 0 fully saturated rings. The number of aromatic nitrogens is 4. The van der Waals surface area contributed by atoms with E-state index in [9.17, 15) is 0 Å². The Bertz CT molecular complexity index is 677. The van der Waals surface area contributed by atoms with Crippen molar-refractivity contribution in [2.75, 3.05) is 19.0 Å². The molecule has 3 aromatic rings. The molecule has 0 unspecified atom stereocenters. The summed E-state index contributed by atoms with van der Waals surface area (Å²) in [5, 5.41) is 2.01. The fourth-order valence-corrected chi connectivity index (χ4v) is 2.48. The van der Waals surface area contributed by atoms with Gasteiger partial charge in [0.15, 0.2) is 0 Å². The van der Waals surface area contributed by atoms with Crippen molar-refractivity contribution in [2.45, 2.75) is 0 Å². The predicted molar refractivity (Wildman–Crippen MR) is 72.8 cm³/mol.